The van der Waals surface area contributed by atoms with Crippen LogP contribution in [0.2, 0.25) is 0 Å². The number of aliphatic carboxylic acids is 1. The maximum absolute atomic E-state index is 14.2. The van der Waals surface area contributed by atoms with Gasteiger partial charge in [-0.1, -0.05) is 18.2 Å². The normalized spacial score (nSPS) is 25.6. The quantitative estimate of drug-likeness (QED) is 0.402. The first-order chi connectivity index (χ1) is 16.9. The summed E-state index contributed by atoms with van der Waals surface area (Å²) in [6, 6.07) is 7.71. The molecule has 10 heteroatoms. The number of carbonyl (C=O) groups is 1. The fourth-order valence-corrected chi connectivity index (χ4v) is 5.34. The van der Waals surface area contributed by atoms with E-state index in [1.54, 1.807) is 12.1 Å². The van der Waals surface area contributed by atoms with Crippen molar-refractivity contribution in [2.24, 2.45) is 11.8 Å². The van der Waals surface area contributed by atoms with Crippen molar-refractivity contribution in [3.8, 4) is 5.75 Å². The number of nitrogens with one attached hydrogen (secondary N) is 1. The van der Waals surface area contributed by atoms with Crippen molar-refractivity contribution < 1.29 is 41.0 Å². The molecule has 0 bridgehead atoms. The molecule has 2 aliphatic carbocycles. The van der Waals surface area contributed by atoms with E-state index in [4.69, 9.17) is 9.84 Å². The van der Waals surface area contributed by atoms with E-state index in [0.29, 0.717) is 43.2 Å². The number of carboxylic acid groups (broad SMARTS) is 1. The molecule has 36 heavy (non-hydrogen) atoms. The number of hydrogen-bond acceptors (Lipinski definition) is 3. The van der Waals surface area contributed by atoms with E-state index in [2.05, 4.69) is 5.32 Å². The highest BCUT2D eigenvalue weighted by molar-refractivity contribution is 5.89. The Morgan fingerprint density at radius 1 is 0.917 bits per heavy atom. The number of carboxylic acids is 1. The molecule has 0 amide bonds. The highest BCUT2D eigenvalue weighted by Gasteiger charge is 2.42. The van der Waals surface area contributed by atoms with Crippen LogP contribution in [0.4, 0.5) is 26.3 Å². The predicted molar refractivity (Wildman–Crippen MR) is 122 cm³/mol. The first kappa shape index (κ1) is 26.6. The molecule has 4 rings (SSSR count). The van der Waals surface area contributed by atoms with Crippen LogP contribution in [0.5, 0.6) is 5.75 Å². The minimum atomic E-state index is -4.71. The van der Waals surface area contributed by atoms with Gasteiger partial charge in [0.2, 0.25) is 0 Å². The van der Waals surface area contributed by atoms with E-state index in [9.17, 15) is 31.1 Å². The summed E-state index contributed by atoms with van der Waals surface area (Å²) in [6.07, 6.45) is -7.43. The van der Waals surface area contributed by atoms with E-state index in [1.165, 1.54) is 18.2 Å². The predicted octanol–water partition coefficient (Wildman–Crippen LogP) is 7.09. The molecule has 0 atom stereocenters. The van der Waals surface area contributed by atoms with Crippen LogP contribution in [0, 0.1) is 11.8 Å². The fraction of sp³-hybridized carbons (Fsp3) is 0.577. The third-order valence-corrected chi connectivity index (χ3v) is 7.43. The van der Waals surface area contributed by atoms with Crippen molar-refractivity contribution in [3.05, 3.63) is 41.5 Å². The molecule has 2 fully saturated rings. The fourth-order valence-electron chi connectivity index (χ4n) is 5.34. The van der Waals surface area contributed by atoms with Crippen LogP contribution in [0.25, 0.3) is 10.8 Å². The Hall–Kier alpha value is -2.49. The summed E-state index contributed by atoms with van der Waals surface area (Å²) in [5, 5.41) is 12.8. The summed E-state index contributed by atoms with van der Waals surface area (Å²) in [6.45, 7) is 0.335. The highest BCUT2D eigenvalue weighted by atomic mass is 19.4. The molecule has 0 spiro atoms. The zero-order valence-corrected chi connectivity index (χ0v) is 19.6. The summed E-state index contributed by atoms with van der Waals surface area (Å²) in [5.41, 5.74) is -0.266. The minimum absolute atomic E-state index is 0.0159. The molecule has 0 aliphatic heterocycles. The van der Waals surface area contributed by atoms with Crippen molar-refractivity contribution >= 4 is 16.7 Å². The number of alkyl halides is 6. The topological polar surface area (TPSA) is 58.6 Å². The van der Waals surface area contributed by atoms with Gasteiger partial charge in [0.25, 0.3) is 0 Å². The van der Waals surface area contributed by atoms with Crippen LogP contribution in [-0.4, -0.2) is 29.4 Å². The molecule has 0 saturated heterocycles. The molecule has 198 valence electrons. The van der Waals surface area contributed by atoms with Crippen LogP contribution in [0.3, 0.4) is 0 Å². The smallest absolute Gasteiger partial charge is 0.420 e. The average molecular weight is 518 g/mol. The van der Waals surface area contributed by atoms with Crippen LogP contribution < -0.4 is 10.1 Å². The Labute approximate surface area is 205 Å². The van der Waals surface area contributed by atoms with Crippen molar-refractivity contribution in [1.82, 2.24) is 5.32 Å². The summed E-state index contributed by atoms with van der Waals surface area (Å²) in [4.78, 5) is 11.1. The lowest BCUT2D eigenvalue weighted by molar-refractivity contribution is -0.185. The molecule has 0 aromatic heterocycles. The van der Waals surface area contributed by atoms with Crippen LogP contribution in [0.1, 0.15) is 62.5 Å². The van der Waals surface area contributed by atoms with E-state index in [0.717, 1.165) is 0 Å². The molecule has 2 N–H and O–H groups in total. The first-order valence-electron chi connectivity index (χ1n) is 12.2. The van der Waals surface area contributed by atoms with Gasteiger partial charge in [-0.3, -0.25) is 4.79 Å². The van der Waals surface area contributed by atoms with Crippen LogP contribution in [0.15, 0.2) is 30.3 Å². The zero-order chi connectivity index (χ0) is 26.1. The van der Waals surface area contributed by atoms with E-state index in [1.807, 2.05) is 0 Å². The summed E-state index contributed by atoms with van der Waals surface area (Å²) in [5.74, 6) is -2.94. The highest BCUT2D eigenvalue weighted by Crippen LogP contribution is 2.44. The summed E-state index contributed by atoms with van der Waals surface area (Å²) < 4.78 is 87.0. The Morgan fingerprint density at radius 2 is 1.56 bits per heavy atom. The van der Waals surface area contributed by atoms with Gasteiger partial charge in [0, 0.05) is 12.6 Å². The molecule has 2 aromatic carbocycles. The molecule has 0 radical (unpaired) electrons. The average Bonchev–Trinajstić information content (AvgIpc) is 2.81. The van der Waals surface area contributed by atoms with Gasteiger partial charge in [0.1, 0.15) is 11.3 Å². The number of rotatable bonds is 6. The van der Waals surface area contributed by atoms with Gasteiger partial charge >= 0.3 is 18.3 Å². The molecule has 4 nitrogen and oxygen atoms in total. The standard InChI is InChI=1S/C26H29F6NO3/c27-25(28,29)18-6-10-20(11-7-18)36-22-12-5-16-2-1-15(13-21(16)23(22)26(30,31)32)14-33-19-8-3-17(4-9-19)24(34)35/h1-2,5,12-13,17-20,33H,3-4,6-11,14H2,(H,34,35)/t17-,18-,19+,20+. The summed E-state index contributed by atoms with van der Waals surface area (Å²) >= 11 is 0. The van der Waals surface area contributed by atoms with Crippen molar-refractivity contribution in [2.45, 2.75) is 82.4 Å². The lowest BCUT2D eigenvalue weighted by Gasteiger charge is -2.31. The van der Waals surface area contributed by atoms with E-state index in [-0.39, 0.29) is 48.8 Å². The van der Waals surface area contributed by atoms with Gasteiger partial charge in [0.05, 0.1) is 17.9 Å². The number of fused-ring (bicyclic) bond motifs is 1. The molecular weight excluding hydrogens is 488 g/mol. The Kier molecular flexibility index (Phi) is 7.73. The third-order valence-electron chi connectivity index (χ3n) is 7.43. The number of benzene rings is 2. The largest absolute Gasteiger partial charge is 0.490 e. The van der Waals surface area contributed by atoms with Crippen molar-refractivity contribution in [2.75, 3.05) is 0 Å². The van der Waals surface area contributed by atoms with E-state index < -0.39 is 35.9 Å². The Morgan fingerprint density at radius 3 is 2.14 bits per heavy atom. The molecule has 2 saturated carbocycles. The van der Waals surface area contributed by atoms with Gasteiger partial charge in [0.15, 0.2) is 0 Å². The van der Waals surface area contributed by atoms with Gasteiger partial charge in [-0.05, 0) is 79.8 Å². The number of ether oxygens (including phenoxy) is 1. The van der Waals surface area contributed by atoms with Crippen molar-refractivity contribution in [3.63, 3.8) is 0 Å². The Balaban J connectivity index is 1.49. The lowest BCUT2D eigenvalue weighted by atomic mass is 9.86. The SMILES string of the molecule is O=C(O)[C@H]1CC[C@@H](NCc2ccc3ccc(O[C@H]4CC[C@@H](C(F)(F)F)CC4)c(C(F)(F)F)c3c2)CC1. The molecule has 0 heterocycles. The maximum atomic E-state index is 14.2. The molecule has 0 unspecified atom stereocenters. The van der Waals surface area contributed by atoms with Gasteiger partial charge in [-0.25, -0.2) is 0 Å². The van der Waals surface area contributed by atoms with Crippen LogP contribution in [-0.2, 0) is 17.5 Å². The second-order valence-corrected chi connectivity index (χ2v) is 9.89. The number of halogens is 6. The summed E-state index contributed by atoms with van der Waals surface area (Å²) in [7, 11) is 0. The van der Waals surface area contributed by atoms with Crippen molar-refractivity contribution in [1.29, 1.82) is 0 Å². The third kappa shape index (κ3) is 6.25. The minimum Gasteiger partial charge on any atom is -0.490 e. The zero-order valence-electron chi connectivity index (χ0n) is 19.6. The van der Waals surface area contributed by atoms with Gasteiger partial charge in [-0.2, -0.15) is 26.3 Å². The number of hydrogen-bond donors (Lipinski definition) is 2. The lowest BCUT2D eigenvalue weighted by Crippen LogP contribution is -2.34. The molecule has 2 aromatic rings. The van der Waals surface area contributed by atoms with Gasteiger partial charge in [-0.15, -0.1) is 0 Å². The second-order valence-electron chi connectivity index (χ2n) is 9.89. The maximum Gasteiger partial charge on any atom is 0.420 e. The van der Waals surface area contributed by atoms with Gasteiger partial charge < -0.3 is 15.2 Å². The monoisotopic (exact) mass is 517 g/mol. The molecular formula is C26H29F6NO3. The first-order valence-corrected chi connectivity index (χ1v) is 12.2. The second kappa shape index (κ2) is 10.5. The molecule has 2 aliphatic rings. The Bertz CT molecular complexity index is 1070. The van der Waals surface area contributed by atoms with E-state index >= 15 is 0 Å². The van der Waals surface area contributed by atoms with Crippen LogP contribution >= 0.6 is 0 Å².